The van der Waals surface area contributed by atoms with Crippen molar-refractivity contribution in [1.29, 1.82) is 0 Å². The molecule has 1 atom stereocenters. The van der Waals surface area contributed by atoms with E-state index in [0.29, 0.717) is 5.82 Å². The monoisotopic (exact) mass is 338 g/mol. The SMILES string of the molecule is Cc1ccc(S(=O)(=O)C(C(=O)CF)c2cnc(C(C)C)[nH]2)cc1. The van der Waals surface area contributed by atoms with E-state index in [0.717, 1.165) is 5.56 Å². The van der Waals surface area contributed by atoms with E-state index in [1.54, 1.807) is 12.1 Å². The fraction of sp³-hybridized carbons (Fsp3) is 0.375. The molecule has 0 aliphatic rings. The Morgan fingerprint density at radius 1 is 1.26 bits per heavy atom. The highest BCUT2D eigenvalue weighted by molar-refractivity contribution is 7.92. The first-order chi connectivity index (χ1) is 10.8. The summed E-state index contributed by atoms with van der Waals surface area (Å²) >= 11 is 0. The lowest BCUT2D eigenvalue weighted by atomic mass is 10.2. The van der Waals surface area contributed by atoms with Gasteiger partial charge in [-0.1, -0.05) is 31.5 Å². The second-order valence-corrected chi connectivity index (χ2v) is 7.75. The maximum Gasteiger partial charge on any atom is 0.194 e. The van der Waals surface area contributed by atoms with E-state index < -0.39 is 27.5 Å². The van der Waals surface area contributed by atoms with Gasteiger partial charge in [0.25, 0.3) is 0 Å². The van der Waals surface area contributed by atoms with E-state index in [1.165, 1.54) is 18.3 Å². The Labute approximate surface area is 134 Å². The van der Waals surface area contributed by atoms with Gasteiger partial charge in [-0.15, -0.1) is 0 Å². The molecule has 0 spiro atoms. The van der Waals surface area contributed by atoms with Crippen LogP contribution in [0.15, 0.2) is 35.4 Å². The number of nitrogens with one attached hydrogen (secondary N) is 1. The Hall–Kier alpha value is -2.02. The predicted octanol–water partition coefficient (Wildman–Crippen LogP) is 2.90. The number of halogens is 1. The van der Waals surface area contributed by atoms with Gasteiger partial charge in [0.05, 0.1) is 16.8 Å². The molecule has 23 heavy (non-hydrogen) atoms. The topological polar surface area (TPSA) is 79.9 Å². The molecular formula is C16H19FN2O3S. The highest BCUT2D eigenvalue weighted by Crippen LogP contribution is 2.30. The number of alkyl halides is 1. The number of sulfone groups is 1. The van der Waals surface area contributed by atoms with E-state index in [-0.39, 0.29) is 16.5 Å². The summed E-state index contributed by atoms with van der Waals surface area (Å²) in [6.07, 6.45) is 1.29. The van der Waals surface area contributed by atoms with Gasteiger partial charge >= 0.3 is 0 Å². The van der Waals surface area contributed by atoms with Crippen molar-refractivity contribution in [2.45, 2.75) is 36.8 Å². The molecule has 5 nitrogen and oxygen atoms in total. The molecule has 0 saturated carbocycles. The van der Waals surface area contributed by atoms with Crippen LogP contribution in [-0.2, 0) is 14.6 Å². The molecule has 2 aromatic rings. The van der Waals surface area contributed by atoms with E-state index in [2.05, 4.69) is 9.97 Å². The third kappa shape index (κ3) is 3.50. The van der Waals surface area contributed by atoms with Crippen LogP contribution < -0.4 is 0 Å². The Balaban J connectivity index is 2.53. The lowest BCUT2D eigenvalue weighted by Crippen LogP contribution is -2.24. The summed E-state index contributed by atoms with van der Waals surface area (Å²) in [7, 11) is -4.06. The summed E-state index contributed by atoms with van der Waals surface area (Å²) in [5.41, 5.74) is 0.984. The number of H-pyrrole nitrogens is 1. The van der Waals surface area contributed by atoms with Crippen molar-refractivity contribution in [3.8, 4) is 0 Å². The van der Waals surface area contributed by atoms with Crippen molar-refractivity contribution >= 4 is 15.6 Å². The number of aryl methyl sites for hydroxylation is 1. The van der Waals surface area contributed by atoms with Gasteiger partial charge < -0.3 is 4.98 Å². The number of ketones is 1. The first-order valence-corrected chi connectivity index (χ1v) is 8.76. The fourth-order valence-electron chi connectivity index (χ4n) is 2.23. The van der Waals surface area contributed by atoms with Gasteiger partial charge in [0.2, 0.25) is 0 Å². The molecular weight excluding hydrogens is 319 g/mol. The average Bonchev–Trinajstić information content (AvgIpc) is 2.97. The molecule has 0 saturated heterocycles. The second kappa shape index (κ2) is 6.62. The summed E-state index contributed by atoms with van der Waals surface area (Å²) in [6, 6.07) is 6.11. The molecule has 0 aliphatic carbocycles. The van der Waals surface area contributed by atoms with Gasteiger partial charge in [0.15, 0.2) is 20.9 Å². The van der Waals surface area contributed by atoms with Gasteiger partial charge in [-0.2, -0.15) is 0 Å². The first kappa shape index (κ1) is 17.3. The van der Waals surface area contributed by atoms with Crippen LogP contribution in [0, 0.1) is 6.92 Å². The Kier molecular flexibility index (Phi) is 4.99. The zero-order chi connectivity index (χ0) is 17.2. The van der Waals surface area contributed by atoms with Gasteiger partial charge in [-0.05, 0) is 19.1 Å². The van der Waals surface area contributed by atoms with Gasteiger partial charge in [0, 0.05) is 5.92 Å². The van der Waals surface area contributed by atoms with Crippen LogP contribution in [0.1, 0.15) is 42.1 Å². The highest BCUT2D eigenvalue weighted by atomic mass is 32.2. The van der Waals surface area contributed by atoms with Crippen molar-refractivity contribution in [3.63, 3.8) is 0 Å². The number of carbonyl (C=O) groups is 1. The zero-order valence-corrected chi connectivity index (χ0v) is 14.0. The highest BCUT2D eigenvalue weighted by Gasteiger charge is 2.36. The molecule has 0 radical (unpaired) electrons. The van der Waals surface area contributed by atoms with Crippen LogP contribution in [0.5, 0.6) is 0 Å². The summed E-state index contributed by atoms with van der Waals surface area (Å²) in [4.78, 5) is 18.9. The average molecular weight is 338 g/mol. The molecule has 0 fully saturated rings. The van der Waals surface area contributed by atoms with Crippen LogP contribution in [0.25, 0.3) is 0 Å². The number of Topliss-reactive ketones (excluding diaryl/α,β-unsaturated/α-hetero) is 1. The van der Waals surface area contributed by atoms with Crippen molar-refractivity contribution in [2.24, 2.45) is 0 Å². The first-order valence-electron chi connectivity index (χ1n) is 7.21. The predicted molar refractivity (Wildman–Crippen MR) is 84.8 cm³/mol. The maximum absolute atomic E-state index is 12.9. The lowest BCUT2D eigenvalue weighted by molar-refractivity contribution is -0.119. The summed E-state index contributed by atoms with van der Waals surface area (Å²) < 4.78 is 38.5. The molecule has 1 unspecified atom stereocenters. The van der Waals surface area contributed by atoms with Crippen LogP contribution >= 0.6 is 0 Å². The van der Waals surface area contributed by atoms with Crippen molar-refractivity contribution in [3.05, 3.63) is 47.5 Å². The fourth-order valence-corrected chi connectivity index (χ4v) is 3.88. The molecule has 0 bridgehead atoms. The minimum atomic E-state index is -4.06. The van der Waals surface area contributed by atoms with Crippen molar-refractivity contribution < 1.29 is 17.6 Å². The summed E-state index contributed by atoms with van der Waals surface area (Å²) in [5, 5.41) is -1.62. The third-order valence-electron chi connectivity index (χ3n) is 3.53. The molecule has 1 aromatic carbocycles. The van der Waals surface area contributed by atoms with Crippen LogP contribution in [0.3, 0.4) is 0 Å². The smallest absolute Gasteiger partial charge is 0.194 e. The number of hydrogen-bond acceptors (Lipinski definition) is 4. The largest absolute Gasteiger partial charge is 0.344 e. The summed E-state index contributed by atoms with van der Waals surface area (Å²) in [5.74, 6) is -0.424. The molecule has 0 amide bonds. The number of hydrogen-bond donors (Lipinski definition) is 1. The van der Waals surface area contributed by atoms with E-state index in [9.17, 15) is 17.6 Å². The minimum absolute atomic E-state index is 0.0180. The van der Waals surface area contributed by atoms with E-state index >= 15 is 0 Å². The molecule has 0 aliphatic heterocycles. The number of carbonyl (C=O) groups excluding carboxylic acids is 1. The van der Waals surface area contributed by atoms with Crippen LogP contribution in [0.2, 0.25) is 0 Å². The molecule has 1 heterocycles. The number of imidazole rings is 1. The standard InChI is InChI=1S/C16H19FN2O3S/c1-10(2)16-18-9-13(19-16)15(14(20)8-17)23(21,22)12-6-4-11(3)5-7-12/h4-7,9-10,15H,8H2,1-3H3,(H,18,19). The molecule has 2 rings (SSSR count). The minimum Gasteiger partial charge on any atom is -0.344 e. The maximum atomic E-state index is 12.9. The Bertz CT molecular complexity index is 795. The van der Waals surface area contributed by atoms with E-state index in [1.807, 2.05) is 20.8 Å². The number of nitrogens with zero attached hydrogens (tertiary/aromatic N) is 1. The number of aromatic nitrogens is 2. The Morgan fingerprint density at radius 3 is 2.35 bits per heavy atom. The third-order valence-corrected chi connectivity index (χ3v) is 5.60. The van der Waals surface area contributed by atoms with Crippen molar-refractivity contribution in [2.75, 3.05) is 6.67 Å². The number of aromatic amines is 1. The van der Waals surface area contributed by atoms with Crippen molar-refractivity contribution in [1.82, 2.24) is 9.97 Å². The molecule has 1 aromatic heterocycles. The van der Waals surface area contributed by atoms with Crippen LogP contribution in [0.4, 0.5) is 4.39 Å². The Morgan fingerprint density at radius 2 is 1.87 bits per heavy atom. The quantitative estimate of drug-likeness (QED) is 0.878. The normalized spacial score (nSPS) is 13.3. The summed E-state index contributed by atoms with van der Waals surface area (Å²) in [6.45, 7) is 4.22. The van der Waals surface area contributed by atoms with Crippen LogP contribution in [-0.4, -0.2) is 30.8 Å². The van der Waals surface area contributed by atoms with Gasteiger partial charge in [-0.25, -0.2) is 17.8 Å². The van der Waals surface area contributed by atoms with Gasteiger partial charge in [0.1, 0.15) is 12.5 Å². The zero-order valence-electron chi connectivity index (χ0n) is 13.2. The van der Waals surface area contributed by atoms with Gasteiger partial charge in [-0.3, -0.25) is 4.79 Å². The lowest BCUT2D eigenvalue weighted by Gasteiger charge is -2.14. The van der Waals surface area contributed by atoms with E-state index in [4.69, 9.17) is 0 Å². The number of rotatable bonds is 6. The number of benzene rings is 1. The molecule has 124 valence electrons. The molecule has 1 N–H and O–H groups in total. The molecule has 7 heteroatoms. The second-order valence-electron chi connectivity index (χ2n) is 5.72.